The van der Waals surface area contributed by atoms with Gasteiger partial charge in [0.2, 0.25) is 0 Å². The van der Waals surface area contributed by atoms with E-state index in [1.807, 2.05) is 0 Å². The molecule has 0 bridgehead atoms. The fourth-order valence-corrected chi connectivity index (χ4v) is 5.05. The number of aromatic nitrogens is 2. The van der Waals surface area contributed by atoms with Crippen LogP contribution in [0.25, 0.3) is 5.69 Å². The molecule has 0 saturated carbocycles. The molecule has 32 heavy (non-hydrogen) atoms. The molecule has 166 valence electrons. The number of anilines is 1. The topological polar surface area (TPSA) is 119 Å². The number of halogens is 1. The first kappa shape index (κ1) is 21.8. The molecule has 2 amide bonds. The third-order valence-electron chi connectivity index (χ3n) is 4.87. The van der Waals surface area contributed by atoms with E-state index in [1.165, 1.54) is 11.8 Å². The van der Waals surface area contributed by atoms with Crippen molar-refractivity contribution >= 4 is 39.1 Å². The van der Waals surface area contributed by atoms with Gasteiger partial charge < -0.3 is 15.4 Å². The van der Waals surface area contributed by atoms with Crippen LogP contribution in [0.5, 0.6) is 5.75 Å². The molecule has 0 unspecified atom stereocenters. The van der Waals surface area contributed by atoms with Crippen LogP contribution in [0.3, 0.4) is 0 Å². The number of methoxy groups -OCH3 is 1. The highest BCUT2D eigenvalue weighted by atomic mass is 35.5. The molecule has 4 rings (SSSR count). The van der Waals surface area contributed by atoms with Crippen molar-refractivity contribution < 1.29 is 22.7 Å². The maximum Gasteiger partial charge on any atom is 0.314 e. The number of nitrogens with zero attached hydrogens (tertiary/aromatic N) is 2. The first-order chi connectivity index (χ1) is 15.3. The SMILES string of the molecule is COc1cccc(CNC(=O)C(=O)Nc2c3c(nn2-c2cccc(Cl)c2)CS(=O)(=O)C3)c1. The van der Waals surface area contributed by atoms with Gasteiger partial charge in [-0.25, -0.2) is 13.1 Å². The summed E-state index contributed by atoms with van der Waals surface area (Å²) < 4.78 is 30.7. The van der Waals surface area contributed by atoms with E-state index in [1.54, 1.807) is 48.5 Å². The Bertz CT molecular complexity index is 1320. The lowest BCUT2D eigenvalue weighted by Gasteiger charge is -2.12. The van der Waals surface area contributed by atoms with Gasteiger partial charge in [0.25, 0.3) is 0 Å². The van der Waals surface area contributed by atoms with Crippen LogP contribution in [0.1, 0.15) is 16.8 Å². The molecule has 2 aromatic carbocycles. The Morgan fingerprint density at radius 3 is 2.66 bits per heavy atom. The molecule has 0 radical (unpaired) electrons. The molecule has 0 fully saturated rings. The van der Waals surface area contributed by atoms with Crippen molar-refractivity contribution in [3.63, 3.8) is 0 Å². The summed E-state index contributed by atoms with van der Waals surface area (Å²) in [6, 6.07) is 13.8. The zero-order valence-corrected chi connectivity index (χ0v) is 18.5. The molecule has 9 nitrogen and oxygen atoms in total. The second-order valence-electron chi connectivity index (χ2n) is 7.19. The van der Waals surface area contributed by atoms with Crippen LogP contribution in [0.4, 0.5) is 5.82 Å². The molecule has 3 aromatic rings. The van der Waals surface area contributed by atoms with Crippen LogP contribution in [0.15, 0.2) is 48.5 Å². The lowest BCUT2D eigenvalue weighted by molar-refractivity contribution is -0.136. The number of hydrogen-bond donors (Lipinski definition) is 2. The third-order valence-corrected chi connectivity index (χ3v) is 6.54. The number of hydrogen-bond acceptors (Lipinski definition) is 6. The maximum absolute atomic E-state index is 12.6. The minimum absolute atomic E-state index is 0.115. The van der Waals surface area contributed by atoms with Crippen molar-refractivity contribution in [2.45, 2.75) is 18.1 Å². The van der Waals surface area contributed by atoms with Crippen molar-refractivity contribution in [3.8, 4) is 11.4 Å². The highest BCUT2D eigenvalue weighted by Crippen LogP contribution is 2.33. The molecule has 0 spiro atoms. The van der Waals surface area contributed by atoms with Crippen LogP contribution in [-0.4, -0.2) is 37.1 Å². The predicted octanol–water partition coefficient (Wildman–Crippen LogP) is 2.22. The molecule has 2 N–H and O–H groups in total. The van der Waals surface area contributed by atoms with Gasteiger partial charge in [0.1, 0.15) is 11.6 Å². The predicted molar refractivity (Wildman–Crippen MR) is 118 cm³/mol. The normalized spacial score (nSPS) is 13.9. The Morgan fingerprint density at radius 1 is 1.12 bits per heavy atom. The first-order valence-electron chi connectivity index (χ1n) is 9.55. The fraction of sp³-hybridized carbons (Fsp3) is 0.190. The fourth-order valence-electron chi connectivity index (χ4n) is 3.37. The summed E-state index contributed by atoms with van der Waals surface area (Å²) in [6.45, 7) is 0.115. The zero-order chi connectivity index (χ0) is 22.9. The Hall–Kier alpha value is -3.37. The minimum atomic E-state index is -3.37. The van der Waals surface area contributed by atoms with E-state index in [0.29, 0.717) is 27.7 Å². The molecule has 1 aliphatic rings. The lowest BCUT2D eigenvalue weighted by Crippen LogP contribution is -2.35. The highest BCUT2D eigenvalue weighted by Gasteiger charge is 2.33. The molecule has 0 aliphatic carbocycles. The van der Waals surface area contributed by atoms with E-state index in [4.69, 9.17) is 16.3 Å². The molecular weight excluding hydrogens is 456 g/mol. The largest absolute Gasteiger partial charge is 0.497 e. The standard InChI is InChI=1S/C21H19ClN4O5S/c1-31-16-7-2-4-13(8-16)10-23-20(27)21(28)24-19-17-11-32(29,30)12-18(17)25-26(19)15-6-3-5-14(22)9-15/h2-9H,10-12H2,1H3,(H,23,27)(H,24,28). The summed E-state index contributed by atoms with van der Waals surface area (Å²) in [7, 11) is -1.83. The van der Waals surface area contributed by atoms with Gasteiger partial charge >= 0.3 is 11.8 Å². The Kier molecular flexibility index (Phi) is 5.90. The average molecular weight is 475 g/mol. The number of benzene rings is 2. The minimum Gasteiger partial charge on any atom is -0.497 e. The molecule has 1 aliphatic heterocycles. The number of amides is 2. The Morgan fingerprint density at radius 2 is 1.91 bits per heavy atom. The van der Waals surface area contributed by atoms with Gasteiger partial charge in [0, 0.05) is 17.1 Å². The Balaban J connectivity index is 1.56. The lowest BCUT2D eigenvalue weighted by atomic mass is 10.2. The van der Waals surface area contributed by atoms with E-state index in [2.05, 4.69) is 15.7 Å². The first-order valence-corrected chi connectivity index (χ1v) is 11.7. The van der Waals surface area contributed by atoms with E-state index in [0.717, 1.165) is 5.56 Å². The van der Waals surface area contributed by atoms with Crippen molar-refractivity contribution in [2.75, 3.05) is 12.4 Å². The summed E-state index contributed by atoms with van der Waals surface area (Å²) in [6.07, 6.45) is 0. The number of carbonyl (C=O) groups excluding carboxylic acids is 2. The zero-order valence-electron chi connectivity index (χ0n) is 17.0. The van der Waals surface area contributed by atoms with Gasteiger partial charge in [0.05, 0.1) is 30.0 Å². The maximum atomic E-state index is 12.6. The quantitative estimate of drug-likeness (QED) is 0.547. The molecule has 11 heteroatoms. The Labute approximate surface area is 189 Å². The molecule has 2 heterocycles. The van der Waals surface area contributed by atoms with Crippen LogP contribution in [-0.2, 0) is 37.5 Å². The number of fused-ring (bicyclic) bond motifs is 1. The van der Waals surface area contributed by atoms with Crippen molar-refractivity contribution in [1.29, 1.82) is 0 Å². The summed E-state index contributed by atoms with van der Waals surface area (Å²) in [5.74, 6) is -1.57. The van der Waals surface area contributed by atoms with Gasteiger partial charge in [0.15, 0.2) is 9.84 Å². The summed E-state index contributed by atoms with van der Waals surface area (Å²) >= 11 is 6.07. The van der Waals surface area contributed by atoms with E-state index in [9.17, 15) is 18.0 Å². The number of ether oxygens (including phenoxy) is 1. The molecular formula is C21H19ClN4O5S. The summed E-state index contributed by atoms with van der Waals surface area (Å²) in [5, 5.41) is 9.85. The number of carbonyl (C=O) groups is 2. The van der Waals surface area contributed by atoms with E-state index in [-0.39, 0.29) is 23.9 Å². The van der Waals surface area contributed by atoms with Crippen LogP contribution in [0.2, 0.25) is 5.02 Å². The van der Waals surface area contributed by atoms with Crippen LogP contribution < -0.4 is 15.4 Å². The van der Waals surface area contributed by atoms with Gasteiger partial charge in [-0.15, -0.1) is 0 Å². The van der Waals surface area contributed by atoms with Gasteiger partial charge in [-0.05, 0) is 35.9 Å². The number of sulfone groups is 1. The smallest absolute Gasteiger partial charge is 0.314 e. The average Bonchev–Trinajstić information content (AvgIpc) is 3.24. The van der Waals surface area contributed by atoms with Crippen molar-refractivity contribution in [2.24, 2.45) is 0 Å². The monoisotopic (exact) mass is 474 g/mol. The van der Waals surface area contributed by atoms with Crippen LogP contribution >= 0.6 is 11.6 Å². The second-order valence-corrected chi connectivity index (χ2v) is 9.69. The summed E-state index contributed by atoms with van der Waals surface area (Å²) in [5.41, 5.74) is 1.97. The van der Waals surface area contributed by atoms with Gasteiger partial charge in [-0.1, -0.05) is 29.8 Å². The van der Waals surface area contributed by atoms with Gasteiger partial charge in [-0.2, -0.15) is 5.10 Å². The van der Waals surface area contributed by atoms with Crippen molar-refractivity contribution in [3.05, 3.63) is 70.4 Å². The molecule has 1 aromatic heterocycles. The second kappa shape index (κ2) is 8.64. The molecule has 0 saturated heterocycles. The van der Waals surface area contributed by atoms with Gasteiger partial charge in [-0.3, -0.25) is 9.59 Å². The third kappa shape index (κ3) is 4.61. The van der Waals surface area contributed by atoms with Crippen molar-refractivity contribution in [1.82, 2.24) is 15.1 Å². The van der Waals surface area contributed by atoms with Crippen LogP contribution in [0, 0.1) is 0 Å². The molecule has 0 atom stereocenters. The number of nitrogens with one attached hydrogen (secondary N) is 2. The van der Waals surface area contributed by atoms with E-state index < -0.39 is 21.7 Å². The number of rotatable bonds is 5. The van der Waals surface area contributed by atoms with E-state index >= 15 is 0 Å². The highest BCUT2D eigenvalue weighted by molar-refractivity contribution is 7.90. The summed E-state index contributed by atoms with van der Waals surface area (Å²) in [4.78, 5) is 25.0.